The van der Waals surface area contributed by atoms with Crippen molar-refractivity contribution in [2.24, 2.45) is 11.8 Å². The van der Waals surface area contributed by atoms with Crippen molar-refractivity contribution in [1.82, 2.24) is 0 Å². The number of Topliss-reactive ketones (excluding diaryl/α,β-unsaturated/α-hetero) is 1. The first-order chi connectivity index (χ1) is 46.5. The van der Waals surface area contributed by atoms with Crippen LogP contribution in [0.5, 0.6) is 0 Å². The fraction of sp³-hybridized carbons (Fsp3) is 0.770. The molecule has 18 unspecified atom stereocenters. The lowest BCUT2D eigenvalue weighted by Gasteiger charge is -2.42. The van der Waals surface area contributed by atoms with Gasteiger partial charge in [-0.3, -0.25) is 4.79 Å². The van der Waals surface area contributed by atoms with Crippen molar-refractivity contribution in [2.45, 2.75) is 334 Å². The molecule has 0 aliphatic carbocycles. The third-order valence-electron chi connectivity index (χ3n) is 19.1. The van der Waals surface area contributed by atoms with E-state index in [0.717, 1.165) is 51.4 Å². The first-order valence-electron chi connectivity index (χ1n) is 35.7. The molecule has 0 spiro atoms. The molecule has 0 aromatic rings. The van der Waals surface area contributed by atoms with Gasteiger partial charge in [0, 0.05) is 39.2 Å². The van der Waals surface area contributed by atoms with E-state index in [0.29, 0.717) is 44.1 Å². The average Bonchev–Trinajstić information content (AvgIpc) is 0.817. The van der Waals surface area contributed by atoms with Crippen molar-refractivity contribution in [1.29, 1.82) is 0 Å². The van der Waals surface area contributed by atoms with Gasteiger partial charge in [-0.05, 0) is 140 Å². The Hall–Kier alpha value is -3.33. The van der Waals surface area contributed by atoms with Gasteiger partial charge in [-0.25, -0.2) is 0 Å². The maximum Gasteiger partial charge on any atom is 0.138 e. The number of carbonyl (C=O) groups is 1. The largest absolute Gasteiger partial charge is 0.394 e. The van der Waals surface area contributed by atoms with E-state index >= 15 is 0 Å². The summed E-state index contributed by atoms with van der Waals surface area (Å²) in [5.41, 5.74) is 0.389. The van der Waals surface area contributed by atoms with E-state index < -0.39 is 140 Å². The van der Waals surface area contributed by atoms with E-state index in [1.165, 1.54) is 12.2 Å². The molecule has 3 saturated heterocycles. The van der Waals surface area contributed by atoms with Crippen molar-refractivity contribution in [3.63, 3.8) is 0 Å². The lowest BCUT2D eigenvalue weighted by Crippen LogP contribution is -2.59. The Bertz CT molecular complexity index is 2370. The van der Waals surface area contributed by atoms with Gasteiger partial charge in [-0.1, -0.05) is 112 Å². The third-order valence-corrected chi connectivity index (χ3v) is 19.1. The van der Waals surface area contributed by atoms with Crippen molar-refractivity contribution in [3.8, 4) is 0 Å². The molecule has 24 nitrogen and oxygen atoms in total. The predicted molar refractivity (Wildman–Crippen MR) is 370 cm³/mol. The summed E-state index contributed by atoms with van der Waals surface area (Å²) < 4.78 is 23.5. The van der Waals surface area contributed by atoms with Gasteiger partial charge >= 0.3 is 0 Å². The minimum atomic E-state index is -1.85. The van der Waals surface area contributed by atoms with E-state index in [1.54, 1.807) is 27.0 Å². The molecule has 3 aliphatic rings. The van der Waals surface area contributed by atoms with E-state index in [1.807, 2.05) is 61.6 Å². The number of ketones is 1. The summed E-state index contributed by atoms with van der Waals surface area (Å²) in [6.45, 7) is 12.3. The van der Waals surface area contributed by atoms with Crippen LogP contribution >= 0.6 is 0 Å². The van der Waals surface area contributed by atoms with Gasteiger partial charge in [0.15, 0.2) is 0 Å². The molecular weight excluding hydrogens is 1270 g/mol. The SMILES string of the molecule is C=CCC/C=C/C=C/C=C/CC/C=C/C(O)C(O)C1O[C@@H](C(O)C(O)C(=C)CCC(O)[C@H]2C[C@@H](O)[C@@H](O)[C@H](C(O)C(O)/C=C(\C)CC(O)CCC(O)CC(O)C(O)C(C)CC(O)C(O)CC(C)/C=C/CCC(CC(=O)C[C@H]3CCC[C@@H](CCCCC(O)CO)O3)OC)O2)C[C@@H](O)[C@H]1O. The highest BCUT2D eigenvalue weighted by Gasteiger charge is 2.47. The first-order valence-corrected chi connectivity index (χ1v) is 35.7. The molecule has 3 fully saturated rings. The fourth-order valence-electron chi connectivity index (χ4n) is 12.9. The van der Waals surface area contributed by atoms with Crippen LogP contribution < -0.4 is 0 Å². The van der Waals surface area contributed by atoms with Crippen molar-refractivity contribution in [2.75, 3.05) is 13.7 Å². The Kier molecular flexibility index (Phi) is 44.1. The lowest BCUT2D eigenvalue weighted by molar-refractivity contribution is -0.234. The number of aliphatic hydroxyl groups excluding tert-OH is 19. The van der Waals surface area contributed by atoms with Crippen LogP contribution in [-0.2, 0) is 23.7 Å². The van der Waals surface area contributed by atoms with Crippen LogP contribution in [-0.4, -0.2) is 269 Å². The van der Waals surface area contributed by atoms with Gasteiger partial charge in [0.2, 0.25) is 0 Å². The number of ether oxygens (including phenoxy) is 4. The Balaban J connectivity index is 1.38. The summed E-state index contributed by atoms with van der Waals surface area (Å²) in [4.78, 5) is 13.0. The molecule has 0 bridgehead atoms. The molecule has 566 valence electrons. The molecule has 0 aromatic carbocycles. The summed E-state index contributed by atoms with van der Waals surface area (Å²) in [5.74, 6) is -0.736. The summed E-state index contributed by atoms with van der Waals surface area (Å²) in [6.07, 6.45) is -1.20. The number of rotatable bonds is 50. The number of aliphatic hydroxyl groups is 19. The number of unbranched alkanes of at least 4 members (excludes halogenated alkanes) is 3. The highest BCUT2D eigenvalue weighted by molar-refractivity contribution is 5.79. The van der Waals surface area contributed by atoms with Gasteiger partial charge < -0.3 is 116 Å². The molecule has 24 heteroatoms. The smallest absolute Gasteiger partial charge is 0.138 e. The summed E-state index contributed by atoms with van der Waals surface area (Å²) >= 11 is 0. The zero-order chi connectivity index (χ0) is 73.0. The second-order valence-corrected chi connectivity index (χ2v) is 27.8. The highest BCUT2D eigenvalue weighted by Crippen LogP contribution is 2.33. The second-order valence-electron chi connectivity index (χ2n) is 27.8. The van der Waals surface area contributed by atoms with Gasteiger partial charge in [-0.15, -0.1) is 6.58 Å². The summed E-state index contributed by atoms with van der Waals surface area (Å²) in [6, 6.07) is 0. The lowest BCUT2D eigenvalue weighted by atomic mass is 9.87. The van der Waals surface area contributed by atoms with Crippen molar-refractivity contribution in [3.05, 3.63) is 97.2 Å². The first kappa shape index (κ1) is 88.9. The minimum Gasteiger partial charge on any atom is -0.394 e. The second kappa shape index (κ2) is 48.6. The molecule has 27 atom stereocenters. The van der Waals surface area contributed by atoms with Crippen LogP contribution in [0.25, 0.3) is 0 Å². The quantitative estimate of drug-likeness (QED) is 0.0236. The normalized spacial score (nSPS) is 28.4. The molecule has 98 heavy (non-hydrogen) atoms. The zero-order valence-corrected chi connectivity index (χ0v) is 58.4. The molecule has 19 N–H and O–H groups in total. The number of hydrogen-bond donors (Lipinski definition) is 19. The Morgan fingerprint density at radius 3 is 1.82 bits per heavy atom. The summed E-state index contributed by atoms with van der Waals surface area (Å²) in [7, 11) is 1.58. The van der Waals surface area contributed by atoms with Crippen molar-refractivity contribution < 1.29 is 121 Å². The van der Waals surface area contributed by atoms with Crippen LogP contribution in [0.3, 0.4) is 0 Å². The Morgan fingerprint density at radius 1 is 0.592 bits per heavy atom. The standard InChI is InChI=1S/C74H126O24/c1-7-8-9-10-11-12-13-14-15-16-17-18-30-57(81)68(90)73-71(93)63(87)43-65(98-73)72(94)67(89)47(4)31-34-56(80)64-42-62(86)70(92)74(97-64)69(91)60(84)37-46(3)35-49(76)32-33-50(77)41-61(85)66(88)48(5)38-59(83)58(82)36-45(2)24-19-21-27-54(95-6)39-52(79)40-55-29-23-28-53(96-55)26-22-20-25-51(78)44-75/h7,10-15,18-19,24,30,37,45,48-51,53-78,80-94H,1,4,8-9,16-17,20-23,25-29,31-36,38-44H2,2-3,5-6H3/b11-10+,13-12+,15-14+,24-19+,30-18+,46-37+/t45?,48?,49?,50?,51?,53-,54?,55-,56?,57?,58?,59?,60?,61?,62-,63-,64-,65-,66?,67?,68?,69?,70-,71-,72?,73?,74+/m1/s1. The van der Waals surface area contributed by atoms with Crippen LogP contribution in [0.2, 0.25) is 0 Å². The maximum absolute atomic E-state index is 13.0. The van der Waals surface area contributed by atoms with Gasteiger partial charge in [0.1, 0.15) is 66.8 Å². The molecule has 0 aromatic heterocycles. The highest BCUT2D eigenvalue weighted by atomic mass is 16.6. The Labute approximate surface area is 581 Å². The minimum absolute atomic E-state index is 0.00100. The predicted octanol–water partition coefficient (Wildman–Crippen LogP) is 2.86. The van der Waals surface area contributed by atoms with E-state index in [4.69, 9.17) is 24.1 Å². The number of methoxy groups -OCH3 is 1. The van der Waals surface area contributed by atoms with Crippen LogP contribution in [0.1, 0.15) is 181 Å². The monoisotopic (exact) mass is 1400 g/mol. The van der Waals surface area contributed by atoms with Crippen LogP contribution in [0.4, 0.5) is 0 Å². The number of hydrogen-bond acceptors (Lipinski definition) is 24. The van der Waals surface area contributed by atoms with Gasteiger partial charge in [-0.2, -0.15) is 0 Å². The molecule has 0 radical (unpaired) electrons. The molecule has 3 rings (SSSR count). The number of carbonyl (C=O) groups excluding carboxylic acids is 1. The van der Waals surface area contributed by atoms with E-state index in [-0.39, 0.29) is 113 Å². The van der Waals surface area contributed by atoms with Gasteiger partial charge in [0.25, 0.3) is 0 Å². The van der Waals surface area contributed by atoms with E-state index in [9.17, 15) is 96.7 Å². The van der Waals surface area contributed by atoms with E-state index in [2.05, 4.69) is 13.2 Å². The maximum atomic E-state index is 13.0. The van der Waals surface area contributed by atoms with Crippen LogP contribution in [0, 0.1) is 11.8 Å². The molecular formula is C74H126O24. The van der Waals surface area contributed by atoms with Crippen LogP contribution in [0.15, 0.2) is 97.2 Å². The molecule has 3 aliphatic heterocycles. The zero-order valence-electron chi connectivity index (χ0n) is 58.4. The summed E-state index contributed by atoms with van der Waals surface area (Å²) in [5, 5.41) is 204. The molecule has 0 saturated carbocycles. The average molecular weight is 1400 g/mol. The molecule has 0 amide bonds. The Morgan fingerprint density at radius 2 is 1.17 bits per heavy atom. The topological polar surface area (TPSA) is 438 Å². The van der Waals surface area contributed by atoms with Gasteiger partial charge in [0.05, 0.1) is 98.2 Å². The number of allylic oxidation sites excluding steroid dienone is 10. The molecule has 3 heterocycles. The van der Waals surface area contributed by atoms with Crippen molar-refractivity contribution >= 4 is 5.78 Å². The fourth-order valence-corrected chi connectivity index (χ4v) is 12.9. The third kappa shape index (κ3) is 33.4.